The molecule has 1 aliphatic rings. The molecule has 0 fully saturated rings. The van der Waals surface area contributed by atoms with Crippen LogP contribution >= 0.6 is 11.8 Å². The molecule has 1 aliphatic carbocycles. The maximum atomic E-state index is 12.8. The second-order valence-electron chi connectivity index (χ2n) is 8.30. The summed E-state index contributed by atoms with van der Waals surface area (Å²) < 4.78 is 17.7. The quantitative estimate of drug-likeness (QED) is 0.195. The van der Waals surface area contributed by atoms with Gasteiger partial charge in [0.2, 0.25) is 0 Å². The second-order valence-corrected chi connectivity index (χ2v) is 12.5. The summed E-state index contributed by atoms with van der Waals surface area (Å²) in [6, 6.07) is 0.813. The van der Waals surface area contributed by atoms with E-state index < -0.39 is 8.80 Å². The molecule has 0 saturated carbocycles. The molecule has 2 atom stereocenters. The van der Waals surface area contributed by atoms with Crippen LogP contribution in [0.1, 0.15) is 74.1 Å². The van der Waals surface area contributed by atoms with E-state index in [1.54, 1.807) is 11.8 Å². The molecule has 0 saturated heterocycles. The molecule has 0 aromatic heterocycles. The molecule has 0 radical (unpaired) electrons. The molecule has 0 amide bonds. The normalized spacial score (nSPS) is 20.7. The van der Waals surface area contributed by atoms with E-state index in [9.17, 15) is 4.79 Å². The third-order valence-electron chi connectivity index (χ3n) is 5.69. The fourth-order valence-corrected chi connectivity index (χ4v) is 7.87. The van der Waals surface area contributed by atoms with Gasteiger partial charge in [-0.1, -0.05) is 25.5 Å². The zero-order valence-corrected chi connectivity index (χ0v) is 21.0. The number of rotatable bonds is 14. The van der Waals surface area contributed by atoms with Gasteiger partial charge < -0.3 is 13.3 Å². The van der Waals surface area contributed by atoms with Crippen LogP contribution in [-0.2, 0) is 18.1 Å². The Balaban J connectivity index is 2.50. The molecule has 0 aromatic carbocycles. The van der Waals surface area contributed by atoms with Gasteiger partial charge in [0.1, 0.15) is 5.78 Å². The van der Waals surface area contributed by atoms with Gasteiger partial charge in [0.05, 0.1) is 5.25 Å². The fourth-order valence-electron chi connectivity index (χ4n) is 4.05. The van der Waals surface area contributed by atoms with Crippen LogP contribution in [0.5, 0.6) is 0 Å². The maximum absolute atomic E-state index is 12.8. The molecule has 0 aromatic rings. The van der Waals surface area contributed by atoms with E-state index in [-0.39, 0.29) is 10.7 Å². The first kappa shape index (κ1) is 25.9. The van der Waals surface area contributed by atoms with Crippen molar-refractivity contribution >= 4 is 26.3 Å². The monoisotopic (exact) mass is 430 g/mol. The van der Waals surface area contributed by atoms with Crippen molar-refractivity contribution in [2.75, 3.05) is 25.6 Å². The number of hydrogen-bond donors (Lipinski definition) is 0. The zero-order valence-electron chi connectivity index (χ0n) is 19.1. The van der Waals surface area contributed by atoms with Gasteiger partial charge in [-0.05, 0) is 71.0 Å². The number of allylic oxidation sites excluding steroid dienone is 2. The Morgan fingerprint density at radius 2 is 1.79 bits per heavy atom. The predicted molar refractivity (Wildman–Crippen MR) is 122 cm³/mol. The summed E-state index contributed by atoms with van der Waals surface area (Å²) in [5, 5.41) is 0.0351. The molecule has 164 valence electrons. The van der Waals surface area contributed by atoms with Gasteiger partial charge in [-0.3, -0.25) is 4.79 Å². The van der Waals surface area contributed by atoms with Gasteiger partial charge >= 0.3 is 8.80 Å². The summed E-state index contributed by atoms with van der Waals surface area (Å²) in [5.41, 5.74) is 1.61. The van der Waals surface area contributed by atoms with Crippen LogP contribution in [0.4, 0.5) is 0 Å². The lowest BCUT2D eigenvalue weighted by atomic mass is 9.67. The summed E-state index contributed by atoms with van der Waals surface area (Å²) in [4.78, 5) is 12.8. The molecule has 28 heavy (non-hydrogen) atoms. The molecule has 6 heteroatoms. The minimum Gasteiger partial charge on any atom is -0.374 e. The van der Waals surface area contributed by atoms with E-state index >= 15 is 0 Å². The molecule has 0 bridgehead atoms. The van der Waals surface area contributed by atoms with Gasteiger partial charge in [-0.15, -0.1) is 0 Å². The Hall–Kier alpha value is -0.143. The van der Waals surface area contributed by atoms with Gasteiger partial charge in [-0.2, -0.15) is 11.8 Å². The van der Waals surface area contributed by atoms with Crippen molar-refractivity contribution in [3.05, 3.63) is 11.6 Å². The molecule has 1 rings (SSSR count). The first-order valence-electron chi connectivity index (χ1n) is 10.9. The summed E-state index contributed by atoms with van der Waals surface area (Å²) in [5.74, 6) is 1.68. The van der Waals surface area contributed by atoms with E-state index in [1.165, 1.54) is 12.0 Å². The highest BCUT2D eigenvalue weighted by Crippen LogP contribution is 2.43. The van der Waals surface area contributed by atoms with Crippen molar-refractivity contribution in [2.24, 2.45) is 11.3 Å². The fraction of sp³-hybridized carbons (Fsp3) is 0.864. The largest absolute Gasteiger partial charge is 0.500 e. The van der Waals surface area contributed by atoms with E-state index in [1.807, 2.05) is 20.8 Å². The molecule has 0 spiro atoms. The predicted octanol–water partition coefficient (Wildman–Crippen LogP) is 5.89. The Morgan fingerprint density at radius 1 is 1.21 bits per heavy atom. The van der Waals surface area contributed by atoms with Crippen molar-refractivity contribution in [1.29, 1.82) is 0 Å². The van der Waals surface area contributed by atoms with Crippen LogP contribution < -0.4 is 0 Å². The highest BCUT2D eigenvalue weighted by molar-refractivity contribution is 8.00. The van der Waals surface area contributed by atoms with Crippen LogP contribution in [0, 0.1) is 11.3 Å². The summed E-state index contributed by atoms with van der Waals surface area (Å²) >= 11 is 1.76. The van der Waals surface area contributed by atoms with Crippen LogP contribution in [-0.4, -0.2) is 45.4 Å². The summed E-state index contributed by atoms with van der Waals surface area (Å²) in [7, 11) is -2.56. The molecule has 0 aliphatic heterocycles. The zero-order chi connectivity index (χ0) is 21.2. The van der Waals surface area contributed by atoms with Crippen LogP contribution in [0.25, 0.3) is 0 Å². The maximum Gasteiger partial charge on any atom is 0.500 e. The van der Waals surface area contributed by atoms with Crippen molar-refractivity contribution < 1.29 is 18.1 Å². The Kier molecular flexibility index (Phi) is 11.6. The summed E-state index contributed by atoms with van der Waals surface area (Å²) in [6.45, 7) is 16.6. The van der Waals surface area contributed by atoms with Crippen molar-refractivity contribution in [1.82, 2.24) is 0 Å². The number of ketones is 1. The second kappa shape index (κ2) is 12.5. The van der Waals surface area contributed by atoms with Gasteiger partial charge in [0.25, 0.3) is 0 Å². The smallest absolute Gasteiger partial charge is 0.374 e. The van der Waals surface area contributed by atoms with Crippen molar-refractivity contribution in [2.45, 2.75) is 85.4 Å². The minimum atomic E-state index is -2.56. The molecular weight excluding hydrogens is 388 g/mol. The number of carbonyl (C=O) groups is 1. The highest BCUT2D eigenvalue weighted by Gasteiger charge is 2.40. The van der Waals surface area contributed by atoms with Gasteiger partial charge in [0.15, 0.2) is 0 Å². The molecule has 0 N–H and O–H groups in total. The van der Waals surface area contributed by atoms with Crippen molar-refractivity contribution in [3.8, 4) is 0 Å². The highest BCUT2D eigenvalue weighted by atomic mass is 32.2. The van der Waals surface area contributed by atoms with Crippen LogP contribution in [0.3, 0.4) is 0 Å². The molecule has 0 heterocycles. The lowest BCUT2D eigenvalue weighted by molar-refractivity contribution is -0.119. The standard InChI is InChI=1S/C22H42O4SSi/c1-8-24-28(25-9-2,26-10-3)16-12-15-27-19(5)21(23)17-20-18(4)13-11-14-22(20,6)7/h13,19-20H,8-12,14-17H2,1-7H3. The lowest BCUT2D eigenvalue weighted by Crippen LogP contribution is -2.46. The van der Waals surface area contributed by atoms with Gasteiger partial charge in [-0.25, -0.2) is 0 Å². The number of thioether (sulfide) groups is 1. The number of Topliss-reactive ketones (excluding diaryl/α,β-unsaturated/α-hetero) is 1. The topological polar surface area (TPSA) is 44.8 Å². The van der Waals surface area contributed by atoms with E-state index in [0.29, 0.717) is 37.9 Å². The Labute approximate surface area is 178 Å². The van der Waals surface area contributed by atoms with E-state index in [0.717, 1.165) is 24.6 Å². The Bertz CT molecular complexity index is 490. The van der Waals surface area contributed by atoms with E-state index in [4.69, 9.17) is 13.3 Å². The number of carbonyl (C=O) groups excluding carboxylic acids is 1. The number of hydrogen-bond acceptors (Lipinski definition) is 5. The van der Waals surface area contributed by atoms with E-state index in [2.05, 4.69) is 33.8 Å². The van der Waals surface area contributed by atoms with Crippen molar-refractivity contribution in [3.63, 3.8) is 0 Å². The molecular formula is C22H42O4SSi. The third kappa shape index (κ3) is 7.94. The third-order valence-corrected chi connectivity index (χ3v) is 10.1. The van der Waals surface area contributed by atoms with Crippen LogP contribution in [0.2, 0.25) is 6.04 Å². The minimum absolute atomic E-state index is 0.0351. The SMILES string of the molecule is CCO[Si](CCCSC(C)C(=O)CC1C(C)=CCCC1(C)C)(OCC)OCC. The molecule has 4 nitrogen and oxygen atoms in total. The first-order chi connectivity index (χ1) is 13.2. The Morgan fingerprint density at radius 3 is 2.29 bits per heavy atom. The average Bonchev–Trinajstić information content (AvgIpc) is 2.62. The first-order valence-corrected chi connectivity index (χ1v) is 13.9. The molecule has 2 unspecified atom stereocenters. The van der Waals surface area contributed by atoms with Gasteiger partial charge in [0, 0.05) is 32.3 Å². The lowest BCUT2D eigenvalue weighted by Gasteiger charge is -2.38. The summed E-state index contributed by atoms with van der Waals surface area (Å²) in [6.07, 6.45) is 6.24. The average molecular weight is 431 g/mol. The van der Waals surface area contributed by atoms with Crippen LogP contribution in [0.15, 0.2) is 11.6 Å².